The molecule has 0 aromatic heterocycles. The van der Waals surface area contributed by atoms with Gasteiger partial charge in [-0.2, -0.15) is 0 Å². The molecule has 5 nitrogen and oxygen atoms in total. The lowest BCUT2D eigenvalue weighted by atomic mass is 9.89. The van der Waals surface area contributed by atoms with Gasteiger partial charge in [-0.1, -0.05) is 31.7 Å². The quantitative estimate of drug-likeness (QED) is 0.824. The largest absolute Gasteiger partial charge is 0.573 e. The molecule has 0 heterocycles. The van der Waals surface area contributed by atoms with E-state index in [1.54, 1.807) is 0 Å². The van der Waals surface area contributed by atoms with Gasteiger partial charge in [0.2, 0.25) is 5.91 Å². The Balaban J connectivity index is 2.18. The molecule has 1 aromatic rings. The Hall–Kier alpha value is -2.25. The monoisotopic (exact) mass is 344 g/mol. The van der Waals surface area contributed by atoms with Crippen LogP contribution in [0.3, 0.4) is 0 Å². The predicted molar refractivity (Wildman–Crippen MR) is 80.2 cm³/mol. The van der Waals surface area contributed by atoms with E-state index in [4.69, 9.17) is 5.73 Å². The van der Waals surface area contributed by atoms with Crippen molar-refractivity contribution in [3.8, 4) is 5.75 Å². The molecule has 0 saturated heterocycles. The third kappa shape index (κ3) is 4.62. The average Bonchev–Trinajstić information content (AvgIpc) is 2.72. The number of hydrogen-bond donors (Lipinski definition) is 2. The van der Waals surface area contributed by atoms with Crippen LogP contribution in [0.2, 0.25) is 0 Å². The standard InChI is InChI=1S/C16H19F3N2O3/c17-16(18,19)24-12-7-5-6-11(10-12)13(22)21-15(14(20)23)8-3-1-2-4-9-15/h5-7,10H,1-4,8-9H2,(H2,20,23)(H,21,22). The molecule has 0 unspecified atom stereocenters. The van der Waals surface area contributed by atoms with Crippen LogP contribution in [0.4, 0.5) is 13.2 Å². The maximum atomic E-state index is 12.4. The van der Waals surface area contributed by atoms with E-state index in [-0.39, 0.29) is 5.56 Å². The summed E-state index contributed by atoms with van der Waals surface area (Å²) < 4.78 is 40.6. The maximum Gasteiger partial charge on any atom is 0.573 e. The number of rotatable bonds is 4. The number of nitrogens with one attached hydrogen (secondary N) is 1. The van der Waals surface area contributed by atoms with Crippen molar-refractivity contribution >= 4 is 11.8 Å². The second kappa shape index (κ2) is 7.11. The van der Waals surface area contributed by atoms with E-state index in [1.807, 2.05) is 0 Å². The molecule has 1 aliphatic carbocycles. The van der Waals surface area contributed by atoms with Crippen molar-refractivity contribution in [2.75, 3.05) is 0 Å². The molecule has 2 amide bonds. The summed E-state index contributed by atoms with van der Waals surface area (Å²) in [4.78, 5) is 24.3. The fourth-order valence-electron chi connectivity index (χ4n) is 2.89. The highest BCUT2D eigenvalue weighted by atomic mass is 19.4. The van der Waals surface area contributed by atoms with Gasteiger partial charge in [-0.3, -0.25) is 9.59 Å². The summed E-state index contributed by atoms with van der Waals surface area (Å²) >= 11 is 0. The summed E-state index contributed by atoms with van der Waals surface area (Å²) in [6, 6.07) is 4.71. The molecular weight excluding hydrogens is 325 g/mol. The van der Waals surface area contributed by atoms with Crippen LogP contribution in [0.5, 0.6) is 5.75 Å². The number of carbonyl (C=O) groups excluding carboxylic acids is 2. The van der Waals surface area contributed by atoms with Gasteiger partial charge in [0.1, 0.15) is 11.3 Å². The lowest BCUT2D eigenvalue weighted by molar-refractivity contribution is -0.274. The number of benzene rings is 1. The number of nitrogens with two attached hydrogens (primary N) is 1. The van der Waals surface area contributed by atoms with E-state index in [0.717, 1.165) is 37.8 Å². The Morgan fingerprint density at radius 1 is 1.12 bits per heavy atom. The van der Waals surface area contributed by atoms with Crippen LogP contribution >= 0.6 is 0 Å². The van der Waals surface area contributed by atoms with Crippen LogP contribution in [-0.4, -0.2) is 23.7 Å². The van der Waals surface area contributed by atoms with E-state index < -0.39 is 29.5 Å². The molecule has 0 atom stereocenters. The Bertz CT molecular complexity index is 609. The van der Waals surface area contributed by atoms with Crippen LogP contribution in [0, 0.1) is 0 Å². The average molecular weight is 344 g/mol. The van der Waals surface area contributed by atoms with Crippen molar-refractivity contribution in [3.63, 3.8) is 0 Å². The molecule has 0 spiro atoms. The molecule has 3 N–H and O–H groups in total. The van der Waals surface area contributed by atoms with Gasteiger partial charge >= 0.3 is 6.36 Å². The minimum Gasteiger partial charge on any atom is -0.406 e. The van der Waals surface area contributed by atoms with Crippen molar-refractivity contribution in [3.05, 3.63) is 29.8 Å². The number of amides is 2. The van der Waals surface area contributed by atoms with Crippen LogP contribution in [-0.2, 0) is 4.79 Å². The Morgan fingerprint density at radius 2 is 1.75 bits per heavy atom. The molecule has 24 heavy (non-hydrogen) atoms. The van der Waals surface area contributed by atoms with Crippen molar-refractivity contribution in [1.82, 2.24) is 5.32 Å². The minimum absolute atomic E-state index is 0.0263. The van der Waals surface area contributed by atoms with Crippen LogP contribution in [0.1, 0.15) is 48.9 Å². The Labute approximate surface area is 137 Å². The number of halogens is 3. The Morgan fingerprint density at radius 3 is 2.29 bits per heavy atom. The summed E-state index contributed by atoms with van der Waals surface area (Å²) in [5.74, 6) is -1.77. The highest BCUT2D eigenvalue weighted by Crippen LogP contribution is 2.28. The predicted octanol–water partition coefficient (Wildman–Crippen LogP) is 2.89. The lowest BCUT2D eigenvalue weighted by Gasteiger charge is -2.30. The molecule has 1 saturated carbocycles. The summed E-state index contributed by atoms with van der Waals surface area (Å²) in [5, 5.41) is 2.63. The first-order chi connectivity index (χ1) is 11.2. The van der Waals surface area contributed by atoms with Crippen LogP contribution < -0.4 is 15.8 Å². The molecule has 1 aliphatic rings. The first-order valence-corrected chi connectivity index (χ1v) is 7.70. The summed E-state index contributed by atoms with van der Waals surface area (Å²) in [7, 11) is 0. The molecule has 0 radical (unpaired) electrons. The molecule has 8 heteroatoms. The minimum atomic E-state index is -4.84. The van der Waals surface area contributed by atoms with Gasteiger partial charge in [-0.25, -0.2) is 0 Å². The zero-order valence-corrected chi connectivity index (χ0v) is 13.0. The van der Waals surface area contributed by atoms with E-state index in [0.29, 0.717) is 12.8 Å². The molecule has 1 fully saturated rings. The molecular formula is C16H19F3N2O3. The second-order valence-corrected chi connectivity index (χ2v) is 5.89. The lowest BCUT2D eigenvalue weighted by Crippen LogP contribution is -2.57. The summed E-state index contributed by atoms with van der Waals surface area (Å²) in [5.41, 5.74) is 4.30. The zero-order valence-electron chi connectivity index (χ0n) is 13.0. The zero-order chi connectivity index (χ0) is 17.8. The van der Waals surface area contributed by atoms with Gasteiger partial charge in [0.15, 0.2) is 0 Å². The maximum absolute atomic E-state index is 12.4. The van der Waals surface area contributed by atoms with Crippen molar-refractivity contribution in [1.29, 1.82) is 0 Å². The number of ether oxygens (including phenoxy) is 1. The Kier molecular flexibility index (Phi) is 5.36. The highest BCUT2D eigenvalue weighted by molar-refractivity contribution is 5.99. The summed E-state index contributed by atoms with van der Waals surface area (Å²) in [6.45, 7) is 0. The van der Waals surface area contributed by atoms with Gasteiger partial charge in [-0.05, 0) is 31.0 Å². The van der Waals surface area contributed by atoms with Gasteiger partial charge in [0.25, 0.3) is 5.91 Å². The van der Waals surface area contributed by atoms with Gasteiger partial charge in [-0.15, -0.1) is 13.2 Å². The van der Waals surface area contributed by atoms with E-state index >= 15 is 0 Å². The molecule has 0 bridgehead atoms. The van der Waals surface area contributed by atoms with E-state index in [2.05, 4.69) is 10.1 Å². The number of alkyl halides is 3. The molecule has 132 valence electrons. The van der Waals surface area contributed by atoms with Gasteiger partial charge < -0.3 is 15.8 Å². The van der Waals surface area contributed by atoms with Gasteiger partial charge in [0.05, 0.1) is 0 Å². The van der Waals surface area contributed by atoms with E-state index in [9.17, 15) is 22.8 Å². The first-order valence-electron chi connectivity index (χ1n) is 7.70. The third-order valence-electron chi connectivity index (χ3n) is 4.11. The molecule has 1 aromatic carbocycles. The highest BCUT2D eigenvalue weighted by Gasteiger charge is 2.38. The van der Waals surface area contributed by atoms with Crippen molar-refractivity contribution < 1.29 is 27.5 Å². The van der Waals surface area contributed by atoms with Crippen LogP contribution in [0.15, 0.2) is 24.3 Å². The first kappa shape index (κ1) is 18.1. The van der Waals surface area contributed by atoms with Crippen molar-refractivity contribution in [2.45, 2.75) is 50.4 Å². The fourth-order valence-corrected chi connectivity index (χ4v) is 2.89. The van der Waals surface area contributed by atoms with Crippen LogP contribution in [0.25, 0.3) is 0 Å². The smallest absolute Gasteiger partial charge is 0.406 e. The second-order valence-electron chi connectivity index (χ2n) is 5.89. The normalized spacial score (nSPS) is 17.6. The van der Waals surface area contributed by atoms with E-state index in [1.165, 1.54) is 12.1 Å². The fraction of sp³-hybridized carbons (Fsp3) is 0.500. The third-order valence-corrected chi connectivity index (χ3v) is 4.11. The topological polar surface area (TPSA) is 81.4 Å². The summed E-state index contributed by atoms with van der Waals surface area (Å²) in [6.07, 6.45) is -0.606. The molecule has 0 aliphatic heterocycles. The van der Waals surface area contributed by atoms with Crippen molar-refractivity contribution in [2.24, 2.45) is 5.73 Å². The molecule has 2 rings (SSSR count). The number of hydrogen-bond acceptors (Lipinski definition) is 3. The van der Waals surface area contributed by atoms with Gasteiger partial charge in [0, 0.05) is 5.56 Å². The number of carbonyl (C=O) groups is 2. The number of primary amides is 1. The SMILES string of the molecule is NC(=O)C1(NC(=O)c2cccc(OC(F)(F)F)c2)CCCCCC1.